The van der Waals surface area contributed by atoms with Gasteiger partial charge in [-0.3, -0.25) is 9.59 Å². The highest BCUT2D eigenvalue weighted by molar-refractivity contribution is 6.30. The highest BCUT2D eigenvalue weighted by Gasteiger charge is 2.35. The van der Waals surface area contributed by atoms with Crippen molar-refractivity contribution < 1.29 is 9.59 Å². The lowest BCUT2D eigenvalue weighted by Gasteiger charge is -2.17. The molecule has 1 atom stereocenters. The van der Waals surface area contributed by atoms with E-state index in [0.717, 1.165) is 12.1 Å². The molecule has 0 aliphatic carbocycles. The van der Waals surface area contributed by atoms with Crippen LogP contribution in [-0.4, -0.2) is 18.4 Å². The van der Waals surface area contributed by atoms with Gasteiger partial charge in [0.05, 0.1) is 5.92 Å². The predicted molar refractivity (Wildman–Crippen MR) is 96.4 cm³/mol. The van der Waals surface area contributed by atoms with E-state index in [1.165, 1.54) is 5.56 Å². The van der Waals surface area contributed by atoms with E-state index >= 15 is 0 Å². The summed E-state index contributed by atoms with van der Waals surface area (Å²) >= 11 is 5.84. The summed E-state index contributed by atoms with van der Waals surface area (Å²) in [5, 5.41) is 3.46. The molecule has 0 spiro atoms. The molecule has 3 rings (SSSR count). The number of hydrogen-bond acceptors (Lipinski definition) is 2. The van der Waals surface area contributed by atoms with Gasteiger partial charge in [0.2, 0.25) is 11.8 Å². The molecule has 0 saturated carbocycles. The van der Waals surface area contributed by atoms with E-state index in [1.54, 1.807) is 29.2 Å². The molecule has 0 aromatic heterocycles. The molecule has 2 aromatic rings. The number of nitrogens with one attached hydrogen (secondary N) is 1. The average Bonchev–Trinajstić information content (AvgIpc) is 2.99. The summed E-state index contributed by atoms with van der Waals surface area (Å²) in [5.74, 6) is -0.507. The van der Waals surface area contributed by atoms with E-state index in [1.807, 2.05) is 24.3 Å². The number of hydrogen-bond donors (Lipinski definition) is 1. The Hall–Kier alpha value is -2.33. The SMILES string of the molecule is CCc1ccc(N2CC(C(=O)Nc3ccc(Cl)cc3)CC2=O)cc1. The molecule has 0 bridgehead atoms. The van der Waals surface area contributed by atoms with E-state index < -0.39 is 0 Å². The molecule has 0 radical (unpaired) electrons. The Labute approximate surface area is 146 Å². The van der Waals surface area contributed by atoms with Gasteiger partial charge in [0.25, 0.3) is 0 Å². The predicted octanol–water partition coefficient (Wildman–Crippen LogP) is 3.89. The molecule has 1 aliphatic rings. The number of carbonyl (C=O) groups excluding carboxylic acids is 2. The first-order chi connectivity index (χ1) is 11.6. The zero-order valence-corrected chi connectivity index (χ0v) is 14.2. The van der Waals surface area contributed by atoms with Crippen LogP contribution in [0.4, 0.5) is 11.4 Å². The number of carbonyl (C=O) groups is 2. The van der Waals surface area contributed by atoms with Crippen molar-refractivity contribution in [1.82, 2.24) is 0 Å². The first-order valence-corrected chi connectivity index (χ1v) is 8.40. The van der Waals surface area contributed by atoms with Gasteiger partial charge in [-0.25, -0.2) is 0 Å². The van der Waals surface area contributed by atoms with Crippen LogP contribution in [0, 0.1) is 5.92 Å². The Bertz CT molecular complexity index is 741. The zero-order valence-electron chi connectivity index (χ0n) is 13.5. The standard InChI is InChI=1S/C19H19ClN2O2/c1-2-13-3-9-17(10-4-13)22-12-14(11-18(22)23)19(24)21-16-7-5-15(20)6-8-16/h3-10,14H,2,11-12H2,1H3,(H,21,24). The minimum atomic E-state index is -0.348. The molecule has 124 valence electrons. The van der Waals surface area contributed by atoms with E-state index in [9.17, 15) is 9.59 Å². The van der Waals surface area contributed by atoms with E-state index in [-0.39, 0.29) is 24.2 Å². The topological polar surface area (TPSA) is 49.4 Å². The van der Waals surface area contributed by atoms with Gasteiger partial charge in [0.15, 0.2) is 0 Å². The molecular formula is C19H19ClN2O2. The fourth-order valence-electron chi connectivity index (χ4n) is 2.82. The number of aryl methyl sites for hydroxylation is 1. The van der Waals surface area contributed by atoms with Crippen LogP contribution >= 0.6 is 11.6 Å². The van der Waals surface area contributed by atoms with Crippen LogP contribution in [0.5, 0.6) is 0 Å². The maximum atomic E-state index is 12.4. The summed E-state index contributed by atoms with van der Waals surface area (Å²) in [5.41, 5.74) is 2.75. The molecule has 1 aliphatic heterocycles. The average molecular weight is 343 g/mol. The second-order valence-corrected chi connectivity index (χ2v) is 6.36. The third-order valence-electron chi connectivity index (χ3n) is 4.26. The van der Waals surface area contributed by atoms with Gasteiger partial charge in [-0.15, -0.1) is 0 Å². The van der Waals surface area contributed by atoms with Gasteiger partial charge < -0.3 is 10.2 Å². The first-order valence-electron chi connectivity index (χ1n) is 8.02. The Morgan fingerprint density at radius 1 is 1.17 bits per heavy atom. The summed E-state index contributed by atoms with van der Waals surface area (Å²) in [6.45, 7) is 2.50. The summed E-state index contributed by atoms with van der Waals surface area (Å²) in [6, 6.07) is 14.9. The summed E-state index contributed by atoms with van der Waals surface area (Å²) in [4.78, 5) is 26.4. The number of rotatable bonds is 4. The third kappa shape index (κ3) is 3.60. The second-order valence-electron chi connectivity index (χ2n) is 5.92. The molecule has 2 aromatic carbocycles. The van der Waals surface area contributed by atoms with Gasteiger partial charge in [0, 0.05) is 29.4 Å². The lowest BCUT2D eigenvalue weighted by Crippen LogP contribution is -2.28. The number of anilines is 2. The van der Waals surface area contributed by atoms with Crippen molar-refractivity contribution >= 4 is 34.8 Å². The van der Waals surface area contributed by atoms with Crippen LogP contribution in [0.3, 0.4) is 0 Å². The highest BCUT2D eigenvalue weighted by atomic mass is 35.5. The lowest BCUT2D eigenvalue weighted by atomic mass is 10.1. The smallest absolute Gasteiger partial charge is 0.229 e. The van der Waals surface area contributed by atoms with Gasteiger partial charge >= 0.3 is 0 Å². The number of amides is 2. The van der Waals surface area contributed by atoms with Gasteiger partial charge in [-0.1, -0.05) is 30.7 Å². The number of benzene rings is 2. The van der Waals surface area contributed by atoms with Crippen molar-refractivity contribution in [3.05, 3.63) is 59.1 Å². The van der Waals surface area contributed by atoms with Crippen molar-refractivity contribution in [3.63, 3.8) is 0 Å². The van der Waals surface area contributed by atoms with Crippen LogP contribution in [-0.2, 0) is 16.0 Å². The molecule has 1 unspecified atom stereocenters. The quantitative estimate of drug-likeness (QED) is 0.916. The van der Waals surface area contributed by atoms with E-state index in [4.69, 9.17) is 11.6 Å². The third-order valence-corrected chi connectivity index (χ3v) is 4.52. The Kier molecular flexibility index (Phi) is 4.86. The van der Waals surface area contributed by atoms with E-state index in [2.05, 4.69) is 12.2 Å². The minimum absolute atomic E-state index is 0.0181. The van der Waals surface area contributed by atoms with Crippen LogP contribution in [0.25, 0.3) is 0 Å². The van der Waals surface area contributed by atoms with E-state index in [0.29, 0.717) is 17.3 Å². The van der Waals surface area contributed by atoms with Gasteiger partial charge in [-0.05, 0) is 48.4 Å². The van der Waals surface area contributed by atoms with Gasteiger partial charge in [0.1, 0.15) is 0 Å². The number of nitrogens with zero attached hydrogens (tertiary/aromatic N) is 1. The van der Waals surface area contributed by atoms with Crippen molar-refractivity contribution in [2.75, 3.05) is 16.8 Å². The zero-order chi connectivity index (χ0) is 17.1. The van der Waals surface area contributed by atoms with Crippen molar-refractivity contribution in [2.24, 2.45) is 5.92 Å². The fourth-order valence-corrected chi connectivity index (χ4v) is 2.95. The van der Waals surface area contributed by atoms with Crippen LogP contribution in [0.15, 0.2) is 48.5 Å². The van der Waals surface area contributed by atoms with Gasteiger partial charge in [-0.2, -0.15) is 0 Å². The molecule has 1 N–H and O–H groups in total. The monoisotopic (exact) mass is 342 g/mol. The molecule has 5 heteroatoms. The first kappa shape index (κ1) is 16.5. The summed E-state index contributed by atoms with van der Waals surface area (Å²) < 4.78 is 0. The maximum Gasteiger partial charge on any atom is 0.229 e. The summed E-state index contributed by atoms with van der Waals surface area (Å²) in [7, 11) is 0. The summed E-state index contributed by atoms with van der Waals surface area (Å²) in [6.07, 6.45) is 1.19. The fraction of sp³-hybridized carbons (Fsp3) is 0.263. The molecule has 2 amide bonds. The molecule has 24 heavy (non-hydrogen) atoms. The minimum Gasteiger partial charge on any atom is -0.326 e. The second kappa shape index (κ2) is 7.05. The molecule has 1 saturated heterocycles. The molecule has 1 fully saturated rings. The van der Waals surface area contributed by atoms with Crippen molar-refractivity contribution in [3.8, 4) is 0 Å². The van der Waals surface area contributed by atoms with Crippen LogP contribution in [0.1, 0.15) is 18.9 Å². The van der Waals surface area contributed by atoms with Crippen molar-refractivity contribution in [2.45, 2.75) is 19.8 Å². The highest BCUT2D eigenvalue weighted by Crippen LogP contribution is 2.26. The largest absolute Gasteiger partial charge is 0.326 e. The Balaban J connectivity index is 1.67. The maximum absolute atomic E-state index is 12.4. The Morgan fingerprint density at radius 3 is 2.46 bits per heavy atom. The Morgan fingerprint density at radius 2 is 1.83 bits per heavy atom. The molecule has 1 heterocycles. The normalized spacial score (nSPS) is 17.2. The molecular weight excluding hydrogens is 324 g/mol. The molecule has 4 nitrogen and oxygen atoms in total. The number of halogens is 1. The van der Waals surface area contributed by atoms with Crippen molar-refractivity contribution in [1.29, 1.82) is 0 Å². The van der Waals surface area contributed by atoms with Crippen LogP contribution < -0.4 is 10.2 Å². The van der Waals surface area contributed by atoms with Crippen LogP contribution in [0.2, 0.25) is 5.02 Å². The lowest BCUT2D eigenvalue weighted by molar-refractivity contribution is -0.122.